The van der Waals surface area contributed by atoms with Crippen LogP contribution in [0.1, 0.15) is 77.5 Å². The average Bonchev–Trinajstić information content (AvgIpc) is 3.41. The van der Waals surface area contributed by atoms with Gasteiger partial charge in [0, 0.05) is 19.3 Å². The Kier molecular flexibility index (Phi) is 27.2. The summed E-state index contributed by atoms with van der Waals surface area (Å²) in [6.07, 6.45) is -0.793. The van der Waals surface area contributed by atoms with Crippen molar-refractivity contribution in [2.75, 3.05) is 19.7 Å². The third-order valence-electron chi connectivity index (χ3n) is 12.8. The third-order valence-corrected chi connectivity index (χ3v) is 12.8. The van der Waals surface area contributed by atoms with Gasteiger partial charge in [-0.3, -0.25) is 47.9 Å². The van der Waals surface area contributed by atoms with E-state index in [-0.39, 0.29) is 43.1 Å². The maximum Gasteiger partial charge on any atom is 0.326 e. The highest BCUT2D eigenvalue weighted by Gasteiger charge is 2.36. The molecule has 0 aliphatic carbocycles. The topological polar surface area (TPSA) is 429 Å². The quantitative estimate of drug-likeness (QED) is 0.0307. The smallest absolute Gasteiger partial charge is 0.326 e. The Bertz CT molecular complexity index is 2640. The van der Waals surface area contributed by atoms with Crippen LogP contribution in [-0.4, -0.2) is 153 Å². The molecule has 0 spiro atoms. The number of aliphatic hydroxyl groups is 1. The Morgan fingerprint density at radius 1 is 0.494 bits per heavy atom. The van der Waals surface area contributed by atoms with E-state index in [0.717, 1.165) is 0 Å². The molecule has 0 aromatic heterocycles. The SMILES string of the molecule is CC[C@H](C)[C@H](NC(=O)[C@H](Cc1ccc(O)cc1)NC(=O)[C@H](CC(N)=O)NC(=O)[C@@H](NC(=O)[C@H](Cc1ccccc1)NC(=O)CNC(=O)[C@H](Cc1ccc(O)cc1)NC(=O)CNC(=O)[C@H](CC(C)C)NC(=O)[C@@H](N)CO)C(C)C)C(=O)O. The van der Waals surface area contributed by atoms with Crippen molar-refractivity contribution in [3.63, 3.8) is 0 Å². The van der Waals surface area contributed by atoms with Gasteiger partial charge in [0.25, 0.3) is 0 Å². The van der Waals surface area contributed by atoms with Crippen molar-refractivity contribution in [2.45, 2.75) is 128 Å². The highest BCUT2D eigenvalue weighted by molar-refractivity contribution is 5.99. The van der Waals surface area contributed by atoms with Crippen molar-refractivity contribution in [3.8, 4) is 11.5 Å². The van der Waals surface area contributed by atoms with E-state index in [0.29, 0.717) is 23.1 Å². The Balaban J connectivity index is 1.83. The minimum atomic E-state index is -1.74. The molecule has 9 atom stereocenters. The lowest BCUT2D eigenvalue weighted by Crippen LogP contribution is -2.61. The number of hydrogen-bond donors (Lipinski definition) is 15. The number of aliphatic carboxylic acids is 1. The van der Waals surface area contributed by atoms with Gasteiger partial charge in [0.05, 0.1) is 26.1 Å². The monoisotopic (exact) mass is 1130 g/mol. The summed E-state index contributed by atoms with van der Waals surface area (Å²) in [5, 5.41) is 61.2. The number of aromatic hydroxyl groups is 2. The molecule has 26 nitrogen and oxygen atoms in total. The fourth-order valence-corrected chi connectivity index (χ4v) is 8.02. The zero-order chi connectivity index (χ0) is 60.5. The van der Waals surface area contributed by atoms with Crippen molar-refractivity contribution in [1.29, 1.82) is 0 Å². The molecule has 0 aliphatic rings. The Morgan fingerprint density at radius 3 is 1.33 bits per heavy atom. The van der Waals surface area contributed by atoms with Crippen LogP contribution in [0.3, 0.4) is 0 Å². The molecule has 10 amide bonds. The molecule has 3 rings (SSSR count). The molecule has 0 heterocycles. The van der Waals surface area contributed by atoms with Crippen molar-refractivity contribution >= 4 is 65.0 Å². The van der Waals surface area contributed by atoms with Crippen molar-refractivity contribution in [1.82, 2.24) is 47.9 Å². The summed E-state index contributed by atoms with van der Waals surface area (Å²) in [6, 6.07) is 8.46. The summed E-state index contributed by atoms with van der Waals surface area (Å²) in [5.41, 5.74) is 12.6. The summed E-state index contributed by atoms with van der Waals surface area (Å²) >= 11 is 0. The fourth-order valence-electron chi connectivity index (χ4n) is 8.02. The number of carbonyl (C=O) groups excluding carboxylic acids is 10. The number of rotatable bonds is 33. The molecule has 3 aromatic carbocycles. The second kappa shape index (κ2) is 33.1. The lowest BCUT2D eigenvalue weighted by molar-refractivity contribution is -0.144. The molecular formula is C55H77N11O15. The molecule has 17 N–H and O–H groups in total. The Hall–Kier alpha value is -8.65. The van der Waals surface area contributed by atoms with E-state index < -0.39 is 151 Å². The highest BCUT2D eigenvalue weighted by atomic mass is 16.4. The summed E-state index contributed by atoms with van der Waals surface area (Å²) in [6.45, 7) is 7.96. The number of benzene rings is 3. The van der Waals surface area contributed by atoms with Crippen LogP contribution in [0.15, 0.2) is 78.9 Å². The summed E-state index contributed by atoms with van der Waals surface area (Å²) < 4.78 is 0. The van der Waals surface area contributed by atoms with E-state index >= 15 is 0 Å². The number of carboxylic acids is 1. The number of primary amides is 1. The van der Waals surface area contributed by atoms with Gasteiger partial charge in [0.15, 0.2) is 0 Å². The van der Waals surface area contributed by atoms with Gasteiger partial charge in [-0.15, -0.1) is 0 Å². The zero-order valence-corrected chi connectivity index (χ0v) is 46.2. The van der Waals surface area contributed by atoms with E-state index in [1.165, 1.54) is 48.5 Å². The van der Waals surface area contributed by atoms with Crippen LogP contribution in [-0.2, 0) is 72.0 Å². The van der Waals surface area contributed by atoms with E-state index in [9.17, 15) is 73.2 Å². The number of phenols is 2. The number of carboxylic acid groups (broad SMARTS) is 1. The first kappa shape index (κ1) is 66.6. The number of amides is 10. The van der Waals surface area contributed by atoms with E-state index in [1.54, 1.807) is 71.9 Å². The minimum Gasteiger partial charge on any atom is -0.508 e. The lowest BCUT2D eigenvalue weighted by Gasteiger charge is -2.28. The molecule has 81 heavy (non-hydrogen) atoms. The van der Waals surface area contributed by atoms with Gasteiger partial charge in [0.2, 0.25) is 59.1 Å². The third kappa shape index (κ3) is 23.3. The maximum absolute atomic E-state index is 14.2. The molecule has 3 aromatic rings. The largest absolute Gasteiger partial charge is 0.508 e. The molecule has 0 fully saturated rings. The molecule has 0 unspecified atom stereocenters. The molecule has 0 saturated carbocycles. The first-order chi connectivity index (χ1) is 38.2. The van der Waals surface area contributed by atoms with Gasteiger partial charge in [0.1, 0.15) is 59.8 Å². The van der Waals surface area contributed by atoms with Gasteiger partial charge in [-0.1, -0.05) is 103 Å². The summed E-state index contributed by atoms with van der Waals surface area (Å²) in [7, 11) is 0. The van der Waals surface area contributed by atoms with Crippen LogP contribution in [0, 0.1) is 17.8 Å². The van der Waals surface area contributed by atoms with E-state index in [4.69, 9.17) is 11.5 Å². The lowest BCUT2D eigenvalue weighted by atomic mass is 9.98. The zero-order valence-electron chi connectivity index (χ0n) is 46.2. The number of hydrogen-bond acceptors (Lipinski definition) is 15. The molecule has 0 radical (unpaired) electrons. The number of nitrogens with one attached hydrogen (secondary N) is 9. The van der Waals surface area contributed by atoms with Gasteiger partial charge in [-0.05, 0) is 65.1 Å². The van der Waals surface area contributed by atoms with E-state index in [2.05, 4.69) is 47.9 Å². The molecule has 0 bridgehead atoms. The van der Waals surface area contributed by atoms with Gasteiger partial charge >= 0.3 is 5.97 Å². The molecule has 442 valence electrons. The average molecular weight is 1130 g/mol. The normalized spacial score (nSPS) is 14.4. The first-order valence-electron chi connectivity index (χ1n) is 26.3. The predicted molar refractivity (Wildman–Crippen MR) is 294 cm³/mol. The van der Waals surface area contributed by atoms with Crippen molar-refractivity contribution in [3.05, 3.63) is 95.6 Å². The van der Waals surface area contributed by atoms with Crippen LogP contribution in [0.4, 0.5) is 0 Å². The molecule has 0 aliphatic heterocycles. The summed E-state index contributed by atoms with van der Waals surface area (Å²) in [4.78, 5) is 147. The van der Waals surface area contributed by atoms with Crippen LogP contribution in [0.2, 0.25) is 0 Å². The Labute approximate surface area is 469 Å². The van der Waals surface area contributed by atoms with Gasteiger partial charge < -0.3 is 79.7 Å². The molecule has 0 saturated heterocycles. The second-order valence-corrected chi connectivity index (χ2v) is 20.3. The predicted octanol–water partition coefficient (Wildman–Crippen LogP) is -2.22. The van der Waals surface area contributed by atoms with Gasteiger partial charge in [-0.2, -0.15) is 0 Å². The van der Waals surface area contributed by atoms with Crippen LogP contribution in [0.5, 0.6) is 11.5 Å². The molecule has 26 heteroatoms. The van der Waals surface area contributed by atoms with Crippen LogP contribution < -0.4 is 59.3 Å². The molecular weight excluding hydrogens is 1050 g/mol. The summed E-state index contributed by atoms with van der Waals surface area (Å²) in [5.74, 6) is -11.9. The van der Waals surface area contributed by atoms with E-state index in [1.807, 2.05) is 0 Å². The number of nitrogens with two attached hydrogens (primary N) is 2. The number of aliphatic hydroxyl groups excluding tert-OH is 1. The Morgan fingerprint density at radius 2 is 0.901 bits per heavy atom. The first-order valence-corrected chi connectivity index (χ1v) is 26.3. The highest BCUT2D eigenvalue weighted by Crippen LogP contribution is 2.16. The fraction of sp³-hybridized carbons (Fsp3) is 0.473. The minimum absolute atomic E-state index is 0.0811. The maximum atomic E-state index is 14.2. The standard InChI is InChI=1S/C55H77N11O15/c1-7-31(6)47(55(80)81)66-53(78)41(24-34-15-19-36(69)20-16-34)63-51(76)42(25-43(57)70)64-54(79)46(30(4)5)65-52(77)40(22-32-11-9-8-10-12-32)61-45(72)27-59-50(75)39(23-33-13-17-35(68)18-14-33)60-44(71)26-58-49(74)38(21-29(2)3)62-48(73)37(56)28-67/h8-20,29-31,37-42,46-47,67-69H,7,21-28,56H2,1-6H3,(H2,57,70)(H,58,74)(H,59,75)(H,60,71)(H,61,72)(H,62,73)(H,63,76)(H,64,79)(H,65,77)(H,66,78)(H,80,81)/t31-,37-,38-,39-,40-,41-,42-,46-,47-/m0/s1. The van der Waals surface area contributed by atoms with Gasteiger partial charge in [-0.25, -0.2) is 4.79 Å². The van der Waals surface area contributed by atoms with Crippen molar-refractivity contribution < 1.29 is 73.2 Å². The second-order valence-electron chi connectivity index (χ2n) is 20.3. The number of phenolic OH excluding ortho intramolecular Hbond substituents is 2. The van der Waals surface area contributed by atoms with Crippen molar-refractivity contribution in [2.24, 2.45) is 29.2 Å². The van der Waals surface area contributed by atoms with Crippen LogP contribution >= 0.6 is 0 Å². The number of carbonyl (C=O) groups is 11. The van der Waals surface area contributed by atoms with Crippen LogP contribution in [0.25, 0.3) is 0 Å².